The van der Waals surface area contributed by atoms with Gasteiger partial charge < -0.3 is 10.1 Å². The average Bonchev–Trinajstić information content (AvgIpc) is 2.38. The van der Waals surface area contributed by atoms with E-state index in [1.807, 2.05) is 20.8 Å². The largest absolute Gasteiger partial charge is 0.475 e. The third-order valence-corrected chi connectivity index (χ3v) is 2.28. The lowest BCUT2D eigenvalue weighted by Crippen LogP contribution is -2.08. The van der Waals surface area contributed by atoms with Gasteiger partial charge in [-0.1, -0.05) is 0 Å². The number of hydrogen-bond acceptors (Lipinski definition) is 6. The van der Waals surface area contributed by atoms with Gasteiger partial charge in [0.25, 0.3) is 0 Å². The smallest absolute Gasteiger partial charge is 0.218 e. The molecular weight excluding hydrogens is 242 g/mol. The van der Waals surface area contributed by atoms with Gasteiger partial charge in [-0.15, -0.1) is 0 Å². The zero-order valence-corrected chi connectivity index (χ0v) is 11.3. The quantitative estimate of drug-likeness (QED) is 0.885. The van der Waals surface area contributed by atoms with E-state index in [0.29, 0.717) is 18.2 Å². The molecule has 1 N–H and O–H groups in total. The summed E-state index contributed by atoms with van der Waals surface area (Å²) < 4.78 is 5.50. The highest BCUT2D eigenvalue weighted by atomic mass is 16.5. The lowest BCUT2D eigenvalue weighted by atomic mass is 10.4. The summed E-state index contributed by atoms with van der Waals surface area (Å²) in [7, 11) is 0. The summed E-state index contributed by atoms with van der Waals surface area (Å²) in [5.74, 6) is 1.26. The molecule has 19 heavy (non-hydrogen) atoms. The summed E-state index contributed by atoms with van der Waals surface area (Å²) in [5.41, 5.74) is 1.76. The van der Waals surface area contributed by atoms with Crippen LogP contribution in [0.3, 0.4) is 0 Å². The van der Waals surface area contributed by atoms with Crippen LogP contribution in [0, 0.1) is 6.92 Å². The van der Waals surface area contributed by atoms with E-state index in [1.54, 1.807) is 18.5 Å². The van der Waals surface area contributed by atoms with Crippen LogP contribution >= 0.6 is 0 Å². The predicted molar refractivity (Wildman–Crippen MR) is 71.9 cm³/mol. The summed E-state index contributed by atoms with van der Waals surface area (Å²) in [6, 6.07) is 1.77. The van der Waals surface area contributed by atoms with Crippen molar-refractivity contribution in [1.29, 1.82) is 0 Å². The fourth-order valence-corrected chi connectivity index (χ4v) is 1.43. The Labute approximate surface area is 112 Å². The molecular formula is C13H17N5O. The van der Waals surface area contributed by atoms with Crippen LogP contribution in [0.2, 0.25) is 0 Å². The molecule has 0 fully saturated rings. The summed E-state index contributed by atoms with van der Waals surface area (Å²) in [5, 5.41) is 3.16. The SMILES string of the molecule is Cc1cnc(CNc2cc(OC(C)C)ncn2)cn1. The van der Waals surface area contributed by atoms with Crippen molar-refractivity contribution in [3.05, 3.63) is 36.2 Å². The lowest BCUT2D eigenvalue weighted by Gasteiger charge is -2.10. The first-order chi connectivity index (χ1) is 9.13. The first-order valence-electron chi connectivity index (χ1n) is 6.13. The molecule has 2 rings (SSSR count). The molecule has 0 aromatic carbocycles. The van der Waals surface area contributed by atoms with Gasteiger partial charge in [0.15, 0.2) is 0 Å². The summed E-state index contributed by atoms with van der Waals surface area (Å²) in [6.07, 6.45) is 5.05. The number of nitrogens with zero attached hydrogens (tertiary/aromatic N) is 4. The molecule has 0 amide bonds. The molecule has 0 saturated heterocycles. The number of hydrogen-bond donors (Lipinski definition) is 1. The topological polar surface area (TPSA) is 72.8 Å². The minimum atomic E-state index is 0.0886. The Balaban J connectivity index is 1.97. The van der Waals surface area contributed by atoms with Crippen LogP contribution in [-0.4, -0.2) is 26.0 Å². The van der Waals surface area contributed by atoms with E-state index in [1.165, 1.54) is 6.33 Å². The van der Waals surface area contributed by atoms with Crippen LogP contribution in [0.5, 0.6) is 5.88 Å². The monoisotopic (exact) mass is 259 g/mol. The number of aromatic nitrogens is 4. The predicted octanol–water partition coefficient (Wildman–Crippen LogP) is 1.97. The van der Waals surface area contributed by atoms with Crippen molar-refractivity contribution >= 4 is 5.82 Å². The standard InChI is InChI=1S/C13H17N5O/c1-9(2)19-13-4-12(17-8-18-13)16-7-11-6-14-10(3)5-15-11/h4-6,8-9H,7H2,1-3H3,(H,16,17,18). The minimum Gasteiger partial charge on any atom is -0.475 e. The Kier molecular flexibility index (Phi) is 4.22. The summed E-state index contributed by atoms with van der Waals surface area (Å²) >= 11 is 0. The third kappa shape index (κ3) is 4.17. The van der Waals surface area contributed by atoms with Gasteiger partial charge in [-0.25, -0.2) is 9.97 Å². The molecule has 2 aromatic rings. The average molecular weight is 259 g/mol. The highest BCUT2D eigenvalue weighted by molar-refractivity contribution is 5.37. The van der Waals surface area contributed by atoms with Crippen LogP contribution in [0.4, 0.5) is 5.82 Å². The third-order valence-electron chi connectivity index (χ3n) is 2.28. The molecule has 0 saturated carbocycles. The van der Waals surface area contributed by atoms with E-state index in [9.17, 15) is 0 Å². The van der Waals surface area contributed by atoms with Gasteiger partial charge in [-0.3, -0.25) is 9.97 Å². The van der Waals surface area contributed by atoms with Crippen molar-refractivity contribution in [2.75, 3.05) is 5.32 Å². The van der Waals surface area contributed by atoms with E-state index in [4.69, 9.17) is 4.74 Å². The second-order valence-corrected chi connectivity index (χ2v) is 4.41. The molecule has 6 heteroatoms. The van der Waals surface area contributed by atoms with E-state index in [2.05, 4.69) is 25.3 Å². The van der Waals surface area contributed by atoms with Crippen molar-refractivity contribution in [3.8, 4) is 5.88 Å². The molecule has 0 atom stereocenters. The maximum Gasteiger partial charge on any atom is 0.218 e. The second kappa shape index (κ2) is 6.08. The summed E-state index contributed by atoms with van der Waals surface area (Å²) in [6.45, 7) is 6.38. The van der Waals surface area contributed by atoms with Crippen molar-refractivity contribution in [3.63, 3.8) is 0 Å². The second-order valence-electron chi connectivity index (χ2n) is 4.41. The van der Waals surface area contributed by atoms with Gasteiger partial charge in [-0.2, -0.15) is 0 Å². The highest BCUT2D eigenvalue weighted by Crippen LogP contribution is 2.13. The first kappa shape index (κ1) is 13.2. The van der Waals surface area contributed by atoms with Gasteiger partial charge in [0.1, 0.15) is 12.1 Å². The fraction of sp³-hybridized carbons (Fsp3) is 0.385. The maximum absolute atomic E-state index is 5.50. The van der Waals surface area contributed by atoms with Gasteiger partial charge in [0.2, 0.25) is 5.88 Å². The van der Waals surface area contributed by atoms with Crippen molar-refractivity contribution < 1.29 is 4.74 Å². The van der Waals surface area contributed by atoms with Gasteiger partial charge in [-0.05, 0) is 20.8 Å². The first-order valence-corrected chi connectivity index (χ1v) is 6.13. The maximum atomic E-state index is 5.50. The Morgan fingerprint density at radius 2 is 2.00 bits per heavy atom. The van der Waals surface area contributed by atoms with Crippen molar-refractivity contribution in [2.45, 2.75) is 33.4 Å². The molecule has 0 spiro atoms. The molecule has 0 aliphatic heterocycles. The van der Waals surface area contributed by atoms with E-state index < -0.39 is 0 Å². The van der Waals surface area contributed by atoms with E-state index >= 15 is 0 Å². The molecule has 0 radical (unpaired) electrons. The van der Waals surface area contributed by atoms with Crippen LogP contribution in [-0.2, 0) is 6.54 Å². The van der Waals surface area contributed by atoms with Gasteiger partial charge >= 0.3 is 0 Å². The molecule has 0 aliphatic carbocycles. The highest BCUT2D eigenvalue weighted by Gasteiger charge is 2.02. The van der Waals surface area contributed by atoms with Crippen LogP contribution < -0.4 is 10.1 Å². The molecule has 0 bridgehead atoms. The van der Waals surface area contributed by atoms with Gasteiger partial charge in [0.05, 0.1) is 30.2 Å². The zero-order chi connectivity index (χ0) is 13.7. The number of anilines is 1. The van der Waals surface area contributed by atoms with Gasteiger partial charge in [0, 0.05) is 12.3 Å². The number of aryl methyl sites for hydroxylation is 1. The van der Waals surface area contributed by atoms with Crippen LogP contribution in [0.25, 0.3) is 0 Å². The minimum absolute atomic E-state index is 0.0886. The number of nitrogens with one attached hydrogen (secondary N) is 1. The van der Waals surface area contributed by atoms with E-state index in [-0.39, 0.29) is 6.10 Å². The molecule has 0 unspecified atom stereocenters. The molecule has 6 nitrogen and oxygen atoms in total. The van der Waals surface area contributed by atoms with Crippen LogP contribution in [0.15, 0.2) is 24.8 Å². The Morgan fingerprint density at radius 1 is 1.16 bits per heavy atom. The number of ether oxygens (including phenoxy) is 1. The fourth-order valence-electron chi connectivity index (χ4n) is 1.43. The zero-order valence-electron chi connectivity index (χ0n) is 11.3. The van der Waals surface area contributed by atoms with Crippen molar-refractivity contribution in [1.82, 2.24) is 19.9 Å². The number of rotatable bonds is 5. The molecule has 0 aliphatic rings. The molecule has 100 valence electrons. The Bertz CT molecular complexity index is 527. The van der Waals surface area contributed by atoms with Crippen molar-refractivity contribution in [2.24, 2.45) is 0 Å². The summed E-state index contributed by atoms with van der Waals surface area (Å²) in [4.78, 5) is 16.6. The molecule has 2 aromatic heterocycles. The normalized spacial score (nSPS) is 10.5. The molecule has 2 heterocycles. The van der Waals surface area contributed by atoms with Crippen LogP contribution in [0.1, 0.15) is 25.2 Å². The van der Waals surface area contributed by atoms with E-state index in [0.717, 1.165) is 11.4 Å². The Hall–Kier alpha value is -2.24. The Morgan fingerprint density at radius 3 is 2.68 bits per heavy atom. The lowest BCUT2D eigenvalue weighted by molar-refractivity contribution is 0.232.